The van der Waals surface area contributed by atoms with Crippen molar-refractivity contribution in [3.8, 4) is 0 Å². The minimum absolute atomic E-state index is 0.0301. The van der Waals surface area contributed by atoms with Crippen LogP contribution in [0.25, 0.3) is 0 Å². The number of fused-ring (bicyclic) bond motifs is 1. The smallest absolute Gasteiger partial charge is 0.270 e. The fraction of sp³-hybridized carbons (Fsp3) is 0.474. The molecule has 1 N–H and O–H groups in total. The van der Waals surface area contributed by atoms with Gasteiger partial charge in [-0.3, -0.25) is 9.59 Å². The van der Waals surface area contributed by atoms with E-state index in [1.54, 1.807) is 18.2 Å². The van der Waals surface area contributed by atoms with E-state index in [4.69, 9.17) is 4.42 Å². The van der Waals surface area contributed by atoms with Gasteiger partial charge < -0.3 is 19.2 Å². The molecular formula is C19H25N3O3. The first kappa shape index (κ1) is 17.5. The van der Waals surface area contributed by atoms with E-state index in [9.17, 15) is 9.59 Å². The summed E-state index contributed by atoms with van der Waals surface area (Å²) in [6.07, 6.45) is 2.73. The van der Waals surface area contributed by atoms with Gasteiger partial charge in [0.25, 0.3) is 5.91 Å². The van der Waals surface area contributed by atoms with Crippen LogP contribution in [0, 0.1) is 6.92 Å². The van der Waals surface area contributed by atoms with Crippen LogP contribution in [0.2, 0.25) is 0 Å². The van der Waals surface area contributed by atoms with Crippen molar-refractivity contribution in [1.82, 2.24) is 14.8 Å². The lowest BCUT2D eigenvalue weighted by Gasteiger charge is -2.19. The number of furan rings is 1. The van der Waals surface area contributed by atoms with Gasteiger partial charge in [-0.1, -0.05) is 0 Å². The third-order valence-electron chi connectivity index (χ3n) is 4.88. The number of carbonyl (C=O) groups is 2. The maximum atomic E-state index is 12.8. The molecular weight excluding hydrogens is 318 g/mol. The Bertz CT molecular complexity index is 774. The summed E-state index contributed by atoms with van der Waals surface area (Å²) in [6, 6.07) is 3.74. The van der Waals surface area contributed by atoms with Crippen molar-refractivity contribution >= 4 is 11.7 Å². The number of Topliss-reactive ketones (excluding diaryl/α,β-unsaturated/α-hetero) is 1. The molecule has 1 aliphatic carbocycles. The van der Waals surface area contributed by atoms with Crippen molar-refractivity contribution in [3.05, 3.63) is 46.7 Å². The van der Waals surface area contributed by atoms with E-state index >= 15 is 0 Å². The zero-order chi connectivity index (χ0) is 18.1. The van der Waals surface area contributed by atoms with Crippen LogP contribution in [0.4, 0.5) is 0 Å². The fourth-order valence-corrected chi connectivity index (χ4v) is 3.41. The van der Waals surface area contributed by atoms with Crippen LogP contribution in [0.3, 0.4) is 0 Å². The molecule has 0 bridgehead atoms. The van der Waals surface area contributed by atoms with E-state index in [0.717, 1.165) is 23.6 Å². The Morgan fingerprint density at radius 2 is 2.04 bits per heavy atom. The second-order valence-corrected chi connectivity index (χ2v) is 7.05. The number of ketones is 1. The number of aromatic nitrogens is 1. The summed E-state index contributed by atoms with van der Waals surface area (Å²) < 4.78 is 5.47. The van der Waals surface area contributed by atoms with Gasteiger partial charge in [-0.15, -0.1) is 0 Å². The zero-order valence-corrected chi connectivity index (χ0v) is 15.3. The van der Waals surface area contributed by atoms with Crippen LogP contribution in [0.15, 0.2) is 22.8 Å². The summed E-state index contributed by atoms with van der Waals surface area (Å²) in [7, 11) is 5.74. The number of hydrogen-bond acceptors (Lipinski definition) is 4. The zero-order valence-electron chi connectivity index (χ0n) is 15.3. The van der Waals surface area contributed by atoms with E-state index in [2.05, 4.69) is 4.98 Å². The number of aromatic amines is 1. The van der Waals surface area contributed by atoms with Gasteiger partial charge in [-0.25, -0.2) is 0 Å². The number of hydrogen-bond donors (Lipinski definition) is 1. The Balaban J connectivity index is 1.84. The quantitative estimate of drug-likeness (QED) is 0.905. The second-order valence-electron chi connectivity index (χ2n) is 7.05. The predicted molar refractivity (Wildman–Crippen MR) is 95.1 cm³/mol. The predicted octanol–water partition coefficient (Wildman–Crippen LogP) is 2.46. The normalized spacial score (nSPS) is 17.0. The highest BCUT2D eigenvalue weighted by Gasteiger charge is 2.33. The van der Waals surface area contributed by atoms with Crippen LogP contribution in [-0.2, 0) is 6.42 Å². The lowest BCUT2D eigenvalue weighted by Crippen LogP contribution is -2.34. The number of nitrogens with one attached hydrogen (secondary N) is 1. The van der Waals surface area contributed by atoms with Gasteiger partial charge in [0.15, 0.2) is 5.78 Å². The Morgan fingerprint density at radius 3 is 2.68 bits per heavy atom. The summed E-state index contributed by atoms with van der Waals surface area (Å²) in [4.78, 5) is 32.4. The van der Waals surface area contributed by atoms with Gasteiger partial charge >= 0.3 is 0 Å². The Morgan fingerprint density at radius 1 is 1.28 bits per heavy atom. The van der Waals surface area contributed by atoms with Crippen LogP contribution < -0.4 is 0 Å². The van der Waals surface area contributed by atoms with E-state index in [1.807, 2.05) is 38.1 Å². The minimum atomic E-state index is -0.0731. The highest BCUT2D eigenvalue weighted by molar-refractivity contribution is 6.04. The van der Waals surface area contributed by atoms with Crippen molar-refractivity contribution in [3.63, 3.8) is 0 Å². The third kappa shape index (κ3) is 3.39. The van der Waals surface area contributed by atoms with Crippen molar-refractivity contribution in [1.29, 1.82) is 0 Å². The molecule has 1 amide bonds. The first-order chi connectivity index (χ1) is 11.9. The van der Waals surface area contributed by atoms with Crippen molar-refractivity contribution in [2.45, 2.75) is 25.7 Å². The molecule has 2 aromatic heterocycles. The van der Waals surface area contributed by atoms with E-state index in [-0.39, 0.29) is 17.6 Å². The molecule has 3 rings (SSSR count). The van der Waals surface area contributed by atoms with Crippen LogP contribution in [0.1, 0.15) is 50.2 Å². The SMILES string of the molecule is Cc1c(C(=O)N(C)CCN(C)C)[nH]c2c1C(=O)C[C@H](c1ccco1)C2. The van der Waals surface area contributed by atoms with Gasteiger partial charge in [0.2, 0.25) is 0 Å². The molecule has 1 atom stereocenters. The monoisotopic (exact) mass is 343 g/mol. The highest BCUT2D eigenvalue weighted by atomic mass is 16.3. The summed E-state index contributed by atoms with van der Waals surface area (Å²) in [5.41, 5.74) is 2.82. The van der Waals surface area contributed by atoms with Gasteiger partial charge in [-0.05, 0) is 45.1 Å². The van der Waals surface area contributed by atoms with E-state index < -0.39 is 0 Å². The van der Waals surface area contributed by atoms with Gasteiger partial charge in [-0.2, -0.15) is 0 Å². The number of H-pyrrole nitrogens is 1. The average molecular weight is 343 g/mol. The maximum Gasteiger partial charge on any atom is 0.270 e. The lowest BCUT2D eigenvalue weighted by atomic mass is 9.84. The average Bonchev–Trinajstić information content (AvgIpc) is 3.20. The van der Waals surface area contributed by atoms with E-state index in [0.29, 0.717) is 30.6 Å². The molecule has 0 saturated carbocycles. The summed E-state index contributed by atoms with van der Waals surface area (Å²) >= 11 is 0. The second kappa shape index (κ2) is 6.88. The molecule has 2 aromatic rings. The molecule has 6 nitrogen and oxygen atoms in total. The Kier molecular flexibility index (Phi) is 4.81. The van der Waals surface area contributed by atoms with Crippen molar-refractivity contribution in [2.24, 2.45) is 0 Å². The molecule has 0 aliphatic heterocycles. The fourth-order valence-electron chi connectivity index (χ4n) is 3.41. The molecule has 6 heteroatoms. The standard InChI is InChI=1S/C19H25N3O3/c1-12-17-14(10-13(11-15(17)23)16-6-5-9-25-16)20-18(12)19(24)22(4)8-7-21(2)3/h5-6,9,13,20H,7-8,10-11H2,1-4H3/t13-/m1/s1. The molecule has 0 saturated heterocycles. The highest BCUT2D eigenvalue weighted by Crippen LogP contribution is 2.35. The molecule has 25 heavy (non-hydrogen) atoms. The van der Waals surface area contributed by atoms with Gasteiger partial charge in [0.05, 0.1) is 6.26 Å². The van der Waals surface area contributed by atoms with Crippen LogP contribution >= 0.6 is 0 Å². The molecule has 0 fully saturated rings. The minimum Gasteiger partial charge on any atom is -0.469 e. The first-order valence-corrected chi connectivity index (χ1v) is 8.56. The number of carbonyl (C=O) groups excluding carboxylic acids is 2. The first-order valence-electron chi connectivity index (χ1n) is 8.56. The molecule has 0 aromatic carbocycles. The summed E-state index contributed by atoms with van der Waals surface area (Å²) in [6.45, 7) is 3.28. The van der Waals surface area contributed by atoms with Crippen LogP contribution in [-0.4, -0.2) is 60.7 Å². The largest absolute Gasteiger partial charge is 0.469 e. The Labute approximate surface area is 147 Å². The van der Waals surface area contributed by atoms with Crippen LogP contribution in [0.5, 0.6) is 0 Å². The summed E-state index contributed by atoms with van der Waals surface area (Å²) in [5, 5.41) is 0. The molecule has 0 spiro atoms. The molecule has 1 aliphatic rings. The molecule has 134 valence electrons. The summed E-state index contributed by atoms with van der Waals surface area (Å²) in [5.74, 6) is 0.854. The molecule has 0 radical (unpaired) electrons. The van der Waals surface area contributed by atoms with Gasteiger partial charge in [0, 0.05) is 43.7 Å². The number of likely N-dealkylation sites (N-methyl/N-ethyl adjacent to an activating group) is 2. The lowest BCUT2D eigenvalue weighted by molar-refractivity contribution is 0.0780. The maximum absolute atomic E-state index is 12.8. The number of amides is 1. The van der Waals surface area contributed by atoms with Gasteiger partial charge in [0.1, 0.15) is 11.5 Å². The molecule has 0 unspecified atom stereocenters. The molecule has 2 heterocycles. The number of rotatable bonds is 5. The Hall–Kier alpha value is -2.34. The number of nitrogens with zero attached hydrogens (tertiary/aromatic N) is 2. The van der Waals surface area contributed by atoms with E-state index in [1.165, 1.54) is 0 Å². The van der Waals surface area contributed by atoms with Crippen molar-refractivity contribution < 1.29 is 14.0 Å². The topological polar surface area (TPSA) is 69.6 Å². The van der Waals surface area contributed by atoms with Crippen molar-refractivity contribution in [2.75, 3.05) is 34.2 Å². The third-order valence-corrected chi connectivity index (χ3v) is 4.88.